The van der Waals surface area contributed by atoms with Crippen LogP contribution in [0.4, 0.5) is 0 Å². The van der Waals surface area contributed by atoms with Gasteiger partial charge in [-0.2, -0.15) is 0 Å². The lowest BCUT2D eigenvalue weighted by Crippen LogP contribution is -2.29. The fourth-order valence-electron chi connectivity index (χ4n) is 4.88. The van der Waals surface area contributed by atoms with Crippen molar-refractivity contribution in [3.63, 3.8) is 0 Å². The Labute approximate surface area is 234 Å². The van der Waals surface area contributed by atoms with Crippen LogP contribution in [0.3, 0.4) is 0 Å². The molecule has 3 aromatic rings. The summed E-state index contributed by atoms with van der Waals surface area (Å²) in [5.41, 5.74) is 2.10. The van der Waals surface area contributed by atoms with Crippen molar-refractivity contribution >= 4 is 28.5 Å². The van der Waals surface area contributed by atoms with Gasteiger partial charge in [0.05, 0.1) is 17.6 Å². The molecule has 1 aromatic heterocycles. The summed E-state index contributed by atoms with van der Waals surface area (Å²) in [4.78, 5) is 17.2. The van der Waals surface area contributed by atoms with E-state index in [0.29, 0.717) is 17.3 Å². The molecule has 3 rings (SSSR count). The highest BCUT2D eigenvalue weighted by Gasteiger charge is 2.12. The molecule has 2 aromatic carbocycles. The van der Waals surface area contributed by atoms with Crippen LogP contribution in [0.5, 0.6) is 5.75 Å². The second-order valence-corrected chi connectivity index (χ2v) is 10.7. The fourth-order valence-corrected chi connectivity index (χ4v) is 5.01. The van der Waals surface area contributed by atoms with E-state index in [2.05, 4.69) is 22.9 Å². The van der Waals surface area contributed by atoms with Gasteiger partial charge in [0.2, 0.25) is 0 Å². The summed E-state index contributed by atoms with van der Waals surface area (Å²) < 4.78 is 7.82. The predicted molar refractivity (Wildman–Crippen MR) is 159 cm³/mol. The first-order valence-corrected chi connectivity index (χ1v) is 15.1. The van der Waals surface area contributed by atoms with E-state index in [1.807, 2.05) is 18.2 Å². The Morgan fingerprint density at radius 1 is 0.816 bits per heavy atom. The number of aryl methyl sites for hydroxylation is 1. The van der Waals surface area contributed by atoms with Gasteiger partial charge in [-0.05, 0) is 42.8 Å². The van der Waals surface area contributed by atoms with E-state index < -0.39 is 0 Å². The van der Waals surface area contributed by atoms with Crippen LogP contribution < -0.4 is 10.1 Å². The molecule has 208 valence electrons. The number of carbonyl (C=O) groups excluding carboxylic acids is 1. The number of aromatic nitrogens is 2. The lowest BCUT2D eigenvalue weighted by atomic mass is 10.0. The maximum absolute atomic E-state index is 12.4. The number of carbonyl (C=O) groups is 1. The summed E-state index contributed by atoms with van der Waals surface area (Å²) >= 11 is 5.90. The van der Waals surface area contributed by atoms with Crippen molar-refractivity contribution in [3.05, 3.63) is 59.4 Å². The van der Waals surface area contributed by atoms with Crippen molar-refractivity contribution in [1.82, 2.24) is 14.9 Å². The molecule has 0 aliphatic rings. The zero-order valence-corrected chi connectivity index (χ0v) is 24.0. The molecule has 0 spiro atoms. The van der Waals surface area contributed by atoms with Crippen LogP contribution in [0.1, 0.15) is 103 Å². The van der Waals surface area contributed by atoms with Crippen LogP contribution >= 0.6 is 11.6 Å². The SMILES string of the molecule is CCCCCCCCCCCCCCCCn1c(CNC(=O)COc2ccc(Cl)cc2)nc2ccccc21. The summed E-state index contributed by atoms with van der Waals surface area (Å²) in [6.07, 6.45) is 18.9. The van der Waals surface area contributed by atoms with Crippen molar-refractivity contribution in [1.29, 1.82) is 0 Å². The number of ether oxygens (including phenoxy) is 1. The number of hydrogen-bond acceptors (Lipinski definition) is 3. The minimum Gasteiger partial charge on any atom is -0.484 e. The lowest BCUT2D eigenvalue weighted by molar-refractivity contribution is -0.123. The van der Waals surface area contributed by atoms with Crippen LogP contribution in [0.2, 0.25) is 5.02 Å². The first-order chi connectivity index (χ1) is 18.7. The number of unbranched alkanes of at least 4 members (excludes halogenated alkanes) is 13. The summed E-state index contributed by atoms with van der Waals surface area (Å²) in [5.74, 6) is 1.34. The van der Waals surface area contributed by atoms with Crippen LogP contribution in [0, 0.1) is 0 Å². The molecule has 0 fully saturated rings. The minimum absolute atomic E-state index is 0.0409. The summed E-state index contributed by atoms with van der Waals surface area (Å²) in [7, 11) is 0. The first-order valence-electron chi connectivity index (χ1n) is 14.8. The number of para-hydroxylation sites is 2. The molecule has 6 heteroatoms. The quantitative estimate of drug-likeness (QED) is 0.146. The van der Waals surface area contributed by atoms with Gasteiger partial charge in [0.25, 0.3) is 5.91 Å². The highest BCUT2D eigenvalue weighted by atomic mass is 35.5. The van der Waals surface area contributed by atoms with Crippen LogP contribution in [-0.4, -0.2) is 22.1 Å². The van der Waals surface area contributed by atoms with Gasteiger partial charge in [0, 0.05) is 11.6 Å². The maximum Gasteiger partial charge on any atom is 0.258 e. The number of amides is 1. The average molecular weight is 540 g/mol. The molecule has 38 heavy (non-hydrogen) atoms. The molecule has 0 aliphatic carbocycles. The number of imidazole rings is 1. The van der Waals surface area contributed by atoms with Crippen molar-refractivity contribution in [2.75, 3.05) is 6.61 Å². The smallest absolute Gasteiger partial charge is 0.258 e. The Kier molecular flexibility index (Phi) is 14.1. The van der Waals surface area contributed by atoms with Crippen molar-refractivity contribution < 1.29 is 9.53 Å². The van der Waals surface area contributed by atoms with E-state index in [-0.39, 0.29) is 12.5 Å². The average Bonchev–Trinajstić information content (AvgIpc) is 3.29. The van der Waals surface area contributed by atoms with Gasteiger partial charge in [0.15, 0.2) is 6.61 Å². The lowest BCUT2D eigenvalue weighted by Gasteiger charge is -2.11. The zero-order valence-electron chi connectivity index (χ0n) is 23.2. The normalized spacial score (nSPS) is 11.2. The highest BCUT2D eigenvalue weighted by Crippen LogP contribution is 2.19. The van der Waals surface area contributed by atoms with Gasteiger partial charge in [-0.25, -0.2) is 4.98 Å². The zero-order chi connectivity index (χ0) is 26.8. The third kappa shape index (κ3) is 11.1. The third-order valence-corrected chi connectivity index (χ3v) is 7.35. The molecule has 0 unspecified atom stereocenters. The molecule has 0 saturated carbocycles. The van der Waals surface area contributed by atoms with E-state index in [9.17, 15) is 4.79 Å². The van der Waals surface area contributed by atoms with Crippen molar-refractivity contribution in [3.8, 4) is 5.75 Å². The molecular weight excluding hydrogens is 494 g/mol. The molecule has 5 nitrogen and oxygen atoms in total. The first kappa shape index (κ1) is 30.0. The van der Waals surface area contributed by atoms with E-state index in [0.717, 1.165) is 29.8 Å². The van der Waals surface area contributed by atoms with Crippen molar-refractivity contribution in [2.24, 2.45) is 0 Å². The van der Waals surface area contributed by atoms with Gasteiger partial charge in [-0.1, -0.05) is 114 Å². The third-order valence-electron chi connectivity index (χ3n) is 7.10. The summed E-state index contributed by atoms with van der Waals surface area (Å²) in [6, 6.07) is 15.2. The molecule has 1 amide bonds. The number of benzene rings is 2. The topological polar surface area (TPSA) is 56.2 Å². The van der Waals surface area contributed by atoms with Crippen LogP contribution in [-0.2, 0) is 17.9 Å². The van der Waals surface area contributed by atoms with Gasteiger partial charge in [-0.3, -0.25) is 4.79 Å². The molecule has 1 N–H and O–H groups in total. The molecule has 0 aliphatic heterocycles. The second kappa shape index (κ2) is 17.9. The largest absolute Gasteiger partial charge is 0.484 e. The summed E-state index contributed by atoms with van der Waals surface area (Å²) in [6.45, 7) is 3.55. The monoisotopic (exact) mass is 539 g/mol. The van der Waals surface area contributed by atoms with Gasteiger partial charge < -0.3 is 14.6 Å². The Balaban J connectivity index is 1.33. The summed E-state index contributed by atoms with van der Waals surface area (Å²) in [5, 5.41) is 3.60. The highest BCUT2D eigenvalue weighted by molar-refractivity contribution is 6.30. The van der Waals surface area contributed by atoms with Gasteiger partial charge in [0.1, 0.15) is 11.6 Å². The molecule has 0 saturated heterocycles. The van der Waals surface area contributed by atoms with E-state index in [1.54, 1.807) is 24.3 Å². The van der Waals surface area contributed by atoms with Gasteiger partial charge in [-0.15, -0.1) is 0 Å². The van der Waals surface area contributed by atoms with Crippen molar-refractivity contribution in [2.45, 2.75) is 110 Å². The number of nitrogens with one attached hydrogen (secondary N) is 1. The van der Waals surface area contributed by atoms with Gasteiger partial charge >= 0.3 is 0 Å². The Morgan fingerprint density at radius 2 is 1.39 bits per heavy atom. The number of nitrogens with zero attached hydrogens (tertiary/aromatic N) is 2. The number of fused-ring (bicyclic) bond motifs is 1. The standard InChI is InChI=1S/C32H46ClN3O2/c1-2-3-4-5-6-7-8-9-10-11-12-13-14-17-24-36-30-19-16-15-18-29(30)35-31(36)25-34-32(37)26-38-28-22-20-27(33)21-23-28/h15-16,18-23H,2-14,17,24-26H2,1H3,(H,34,37). The molecule has 0 radical (unpaired) electrons. The van der Waals surface area contributed by atoms with Crippen LogP contribution in [0.15, 0.2) is 48.5 Å². The predicted octanol–water partition coefficient (Wildman–Crippen LogP) is 8.87. The number of hydrogen-bond donors (Lipinski definition) is 1. The minimum atomic E-state index is -0.171. The number of rotatable bonds is 20. The van der Waals surface area contributed by atoms with E-state index in [4.69, 9.17) is 21.3 Å². The molecule has 0 bridgehead atoms. The molecule has 1 heterocycles. The van der Waals surface area contributed by atoms with Crippen LogP contribution in [0.25, 0.3) is 11.0 Å². The van der Waals surface area contributed by atoms with E-state index in [1.165, 1.54) is 83.5 Å². The Bertz CT molecular complexity index is 1060. The number of halogens is 1. The molecular formula is C32H46ClN3O2. The van der Waals surface area contributed by atoms with E-state index >= 15 is 0 Å². The molecule has 0 atom stereocenters. The Morgan fingerprint density at radius 3 is 2.03 bits per heavy atom. The second-order valence-electron chi connectivity index (χ2n) is 10.3. The Hall–Kier alpha value is -2.53. The maximum atomic E-state index is 12.4. The fraction of sp³-hybridized carbons (Fsp3) is 0.562.